The van der Waals surface area contributed by atoms with Crippen molar-refractivity contribution in [3.63, 3.8) is 0 Å². The zero-order valence-electron chi connectivity index (χ0n) is 12.7. The summed E-state index contributed by atoms with van der Waals surface area (Å²) in [4.78, 5) is 2.16. The standard InChI is InChI=1S/C14H23N3O3S/c1-10-6-13(4-5-14(10)15)21(19,20)17-9-12(18)7-11(17)8-16(2)3/h4-6,11-12,18H,7-9,15H2,1-3H3. The van der Waals surface area contributed by atoms with E-state index in [4.69, 9.17) is 5.73 Å². The van der Waals surface area contributed by atoms with Crippen LogP contribution in [0.3, 0.4) is 0 Å². The van der Waals surface area contributed by atoms with E-state index < -0.39 is 16.1 Å². The lowest BCUT2D eigenvalue weighted by Crippen LogP contribution is -2.41. The average Bonchev–Trinajstić information content (AvgIpc) is 2.73. The Morgan fingerprint density at radius 2 is 2.10 bits per heavy atom. The fraction of sp³-hybridized carbons (Fsp3) is 0.571. The molecule has 1 saturated heterocycles. The average molecular weight is 313 g/mol. The third-order valence-electron chi connectivity index (χ3n) is 3.77. The molecule has 1 aliphatic rings. The molecule has 3 N–H and O–H groups in total. The smallest absolute Gasteiger partial charge is 0.243 e. The fourth-order valence-electron chi connectivity index (χ4n) is 2.69. The molecule has 0 saturated carbocycles. The molecule has 0 amide bonds. The highest BCUT2D eigenvalue weighted by molar-refractivity contribution is 7.89. The summed E-state index contributed by atoms with van der Waals surface area (Å²) in [5.74, 6) is 0. The van der Waals surface area contributed by atoms with Crippen molar-refractivity contribution in [2.75, 3.05) is 32.9 Å². The highest BCUT2D eigenvalue weighted by atomic mass is 32.2. The normalized spacial score (nSPS) is 23.9. The SMILES string of the molecule is Cc1cc(S(=O)(=O)N2CC(O)CC2CN(C)C)ccc1N. The molecule has 7 heteroatoms. The minimum absolute atomic E-state index is 0.143. The number of β-amino-alcohol motifs (C(OH)–C–C–N with tert-alkyl or cyclic N) is 1. The molecule has 1 aromatic carbocycles. The van der Waals surface area contributed by atoms with Crippen LogP contribution in [-0.2, 0) is 10.0 Å². The molecule has 0 spiro atoms. The summed E-state index contributed by atoms with van der Waals surface area (Å²) in [6, 6.07) is 4.50. The Kier molecular flexibility index (Phi) is 4.57. The van der Waals surface area contributed by atoms with Crippen LogP contribution in [0.5, 0.6) is 0 Å². The van der Waals surface area contributed by atoms with Gasteiger partial charge in [-0.25, -0.2) is 8.42 Å². The number of aliphatic hydroxyl groups excluding tert-OH is 1. The van der Waals surface area contributed by atoms with Gasteiger partial charge in [-0.15, -0.1) is 0 Å². The van der Waals surface area contributed by atoms with Gasteiger partial charge in [0.2, 0.25) is 10.0 Å². The molecule has 1 fully saturated rings. The molecule has 2 unspecified atom stereocenters. The van der Waals surface area contributed by atoms with Crippen LogP contribution >= 0.6 is 0 Å². The highest BCUT2D eigenvalue weighted by Crippen LogP contribution is 2.28. The third kappa shape index (κ3) is 3.37. The van der Waals surface area contributed by atoms with E-state index in [0.717, 1.165) is 5.56 Å². The molecule has 21 heavy (non-hydrogen) atoms. The van der Waals surface area contributed by atoms with Gasteiger partial charge in [-0.1, -0.05) is 0 Å². The maximum Gasteiger partial charge on any atom is 0.243 e. The zero-order chi connectivity index (χ0) is 15.8. The summed E-state index contributed by atoms with van der Waals surface area (Å²) in [5.41, 5.74) is 7.05. The first-order valence-electron chi connectivity index (χ1n) is 6.92. The van der Waals surface area contributed by atoms with E-state index in [0.29, 0.717) is 18.7 Å². The second kappa shape index (κ2) is 5.92. The predicted molar refractivity (Wildman–Crippen MR) is 82.4 cm³/mol. The minimum Gasteiger partial charge on any atom is -0.399 e. The number of sulfonamides is 1. The zero-order valence-corrected chi connectivity index (χ0v) is 13.5. The van der Waals surface area contributed by atoms with Crippen molar-refractivity contribution in [3.05, 3.63) is 23.8 Å². The third-order valence-corrected chi connectivity index (χ3v) is 5.68. The minimum atomic E-state index is -3.61. The van der Waals surface area contributed by atoms with Crippen LogP contribution in [0.2, 0.25) is 0 Å². The second-order valence-electron chi connectivity index (χ2n) is 5.90. The van der Waals surface area contributed by atoms with Crippen molar-refractivity contribution < 1.29 is 13.5 Å². The van der Waals surface area contributed by atoms with Crippen LogP contribution < -0.4 is 5.73 Å². The van der Waals surface area contributed by atoms with Crippen LogP contribution in [0.25, 0.3) is 0 Å². The van der Waals surface area contributed by atoms with Crippen molar-refractivity contribution >= 4 is 15.7 Å². The summed E-state index contributed by atoms with van der Waals surface area (Å²) >= 11 is 0. The molecule has 0 aromatic heterocycles. The number of hydrogen-bond donors (Lipinski definition) is 2. The van der Waals surface area contributed by atoms with Crippen LogP contribution in [0.1, 0.15) is 12.0 Å². The van der Waals surface area contributed by atoms with Crippen molar-refractivity contribution in [3.8, 4) is 0 Å². The number of hydrogen-bond acceptors (Lipinski definition) is 5. The Bertz CT molecular complexity index is 616. The maximum atomic E-state index is 12.8. The van der Waals surface area contributed by atoms with Gasteiger partial charge < -0.3 is 15.7 Å². The molecule has 0 bridgehead atoms. The van der Waals surface area contributed by atoms with Crippen LogP contribution in [0.4, 0.5) is 5.69 Å². The van der Waals surface area contributed by atoms with E-state index in [2.05, 4.69) is 0 Å². The summed E-state index contributed by atoms with van der Waals surface area (Å²) in [6.45, 7) is 2.51. The molecule has 1 aromatic rings. The highest BCUT2D eigenvalue weighted by Gasteiger charge is 2.39. The van der Waals surface area contributed by atoms with Crippen LogP contribution in [-0.4, -0.2) is 62.1 Å². The van der Waals surface area contributed by atoms with Gasteiger partial charge in [-0.3, -0.25) is 0 Å². The summed E-state index contributed by atoms with van der Waals surface area (Å²) in [6.07, 6.45) is -0.148. The molecule has 1 heterocycles. The molecule has 6 nitrogen and oxygen atoms in total. The van der Waals surface area contributed by atoms with Crippen LogP contribution in [0.15, 0.2) is 23.1 Å². The monoisotopic (exact) mass is 313 g/mol. The van der Waals surface area contributed by atoms with Gasteiger partial charge in [0, 0.05) is 24.8 Å². The number of nitrogens with two attached hydrogens (primary N) is 1. The Morgan fingerprint density at radius 3 is 2.67 bits per heavy atom. The Balaban J connectivity index is 2.34. The number of benzene rings is 1. The predicted octanol–water partition coefficient (Wildman–Crippen LogP) is 0.263. The Labute approximate surface area is 126 Å². The maximum absolute atomic E-state index is 12.8. The molecule has 2 rings (SSSR count). The first-order valence-corrected chi connectivity index (χ1v) is 8.36. The van der Waals surface area contributed by atoms with Gasteiger partial charge in [0.1, 0.15) is 0 Å². The van der Waals surface area contributed by atoms with Gasteiger partial charge in [0.15, 0.2) is 0 Å². The number of aliphatic hydroxyl groups is 1. The lowest BCUT2D eigenvalue weighted by molar-refractivity contribution is 0.188. The molecular formula is C14H23N3O3S. The van der Waals surface area contributed by atoms with Crippen molar-refractivity contribution in [1.82, 2.24) is 9.21 Å². The molecular weight excluding hydrogens is 290 g/mol. The molecule has 0 aliphatic carbocycles. The Hall–Kier alpha value is -1.15. The topological polar surface area (TPSA) is 86.9 Å². The van der Waals surface area contributed by atoms with Gasteiger partial charge in [0.05, 0.1) is 11.0 Å². The van der Waals surface area contributed by atoms with Gasteiger partial charge in [-0.2, -0.15) is 4.31 Å². The van der Waals surface area contributed by atoms with E-state index >= 15 is 0 Å². The molecule has 118 valence electrons. The van der Waals surface area contributed by atoms with Crippen molar-refractivity contribution in [1.29, 1.82) is 0 Å². The van der Waals surface area contributed by atoms with Gasteiger partial charge >= 0.3 is 0 Å². The van der Waals surface area contributed by atoms with Crippen molar-refractivity contribution in [2.45, 2.75) is 30.4 Å². The summed E-state index contributed by atoms with van der Waals surface area (Å²) < 4.78 is 27.0. The van der Waals surface area contributed by atoms with Crippen LogP contribution in [0, 0.1) is 6.92 Å². The number of aryl methyl sites for hydroxylation is 1. The van der Waals surface area contributed by atoms with E-state index in [-0.39, 0.29) is 17.5 Å². The molecule has 1 aliphatic heterocycles. The number of likely N-dealkylation sites (N-methyl/N-ethyl adjacent to an activating group) is 1. The number of nitrogen functional groups attached to an aromatic ring is 1. The number of anilines is 1. The molecule has 2 atom stereocenters. The second-order valence-corrected chi connectivity index (χ2v) is 7.79. The quantitative estimate of drug-likeness (QED) is 0.779. The van der Waals surface area contributed by atoms with E-state index in [9.17, 15) is 13.5 Å². The summed E-state index contributed by atoms with van der Waals surface area (Å²) in [7, 11) is 0.169. The number of nitrogens with zero attached hydrogens (tertiary/aromatic N) is 2. The fourth-order valence-corrected chi connectivity index (χ4v) is 4.44. The Morgan fingerprint density at radius 1 is 1.43 bits per heavy atom. The lowest BCUT2D eigenvalue weighted by atomic mass is 10.2. The first-order chi connectivity index (χ1) is 9.71. The number of rotatable bonds is 4. The van der Waals surface area contributed by atoms with Gasteiger partial charge in [0.25, 0.3) is 0 Å². The van der Waals surface area contributed by atoms with Crippen molar-refractivity contribution in [2.24, 2.45) is 0 Å². The van der Waals surface area contributed by atoms with E-state index in [1.165, 1.54) is 10.4 Å². The van der Waals surface area contributed by atoms with E-state index in [1.807, 2.05) is 19.0 Å². The summed E-state index contributed by atoms with van der Waals surface area (Å²) in [5, 5.41) is 9.85. The lowest BCUT2D eigenvalue weighted by Gasteiger charge is -2.26. The van der Waals surface area contributed by atoms with E-state index in [1.54, 1.807) is 19.1 Å². The largest absolute Gasteiger partial charge is 0.399 e. The molecule has 0 radical (unpaired) electrons. The van der Waals surface area contributed by atoms with Gasteiger partial charge in [-0.05, 0) is 51.2 Å². The first kappa shape index (κ1) is 16.2.